The first kappa shape index (κ1) is 21.1. The fourth-order valence-electron chi connectivity index (χ4n) is 1.29. The molecule has 0 heterocycles. The summed E-state index contributed by atoms with van der Waals surface area (Å²) in [6.45, 7) is 7.21. The van der Waals surface area contributed by atoms with Crippen molar-refractivity contribution >= 4 is 6.09 Å². The van der Waals surface area contributed by atoms with Crippen LogP contribution >= 0.6 is 0 Å². The van der Waals surface area contributed by atoms with Crippen LogP contribution in [0.2, 0.25) is 0 Å². The molecule has 1 N–H and O–H groups in total. The smallest absolute Gasteiger partial charge is 0.407 e. The minimum atomic E-state index is -0.425. The van der Waals surface area contributed by atoms with Crippen LogP contribution in [0.5, 0.6) is 0 Å². The first-order valence-corrected chi connectivity index (χ1v) is 7.51. The molecule has 0 aromatic carbocycles. The van der Waals surface area contributed by atoms with Gasteiger partial charge < -0.3 is 33.7 Å². The Morgan fingerprint density at radius 3 is 1.59 bits per heavy atom. The van der Waals surface area contributed by atoms with Gasteiger partial charge in [-0.1, -0.05) is 0 Å². The summed E-state index contributed by atoms with van der Waals surface area (Å²) in [6, 6.07) is 0. The number of carbonyl (C=O) groups excluding carboxylic acids is 1. The minimum Gasteiger partial charge on any atom is -0.447 e. The van der Waals surface area contributed by atoms with Gasteiger partial charge in [0.25, 0.3) is 0 Å². The largest absolute Gasteiger partial charge is 0.447 e. The predicted molar refractivity (Wildman–Crippen MR) is 82.3 cm³/mol. The van der Waals surface area contributed by atoms with E-state index in [0.717, 1.165) is 0 Å². The Morgan fingerprint density at radius 2 is 1.18 bits per heavy atom. The first-order chi connectivity index (χ1) is 10.8. The van der Waals surface area contributed by atoms with Crippen molar-refractivity contribution in [3.8, 4) is 0 Å². The van der Waals surface area contributed by atoms with Crippen LogP contribution in [-0.2, 0) is 28.4 Å². The van der Waals surface area contributed by atoms with Crippen molar-refractivity contribution in [3.05, 3.63) is 0 Å². The average molecular weight is 325 g/mol. The van der Waals surface area contributed by atoms with Gasteiger partial charge >= 0.3 is 6.09 Å². The molecule has 0 saturated carbocycles. The van der Waals surface area contributed by atoms with Crippen molar-refractivity contribution in [3.63, 3.8) is 0 Å². The molecular weight excluding hydrogens is 294 g/mol. The number of hydrogen-bond acceptors (Lipinski definition) is 7. The number of amides is 1. The molecule has 22 heavy (non-hydrogen) atoms. The quantitative estimate of drug-likeness (QED) is 0.418. The van der Waals surface area contributed by atoms with Gasteiger partial charge in [-0.15, -0.1) is 0 Å². The van der Waals surface area contributed by atoms with Gasteiger partial charge in [-0.2, -0.15) is 0 Å². The van der Waals surface area contributed by atoms with Gasteiger partial charge in [0.15, 0.2) is 0 Å². The van der Waals surface area contributed by atoms with Crippen LogP contribution in [0.4, 0.5) is 4.79 Å². The summed E-state index contributed by atoms with van der Waals surface area (Å²) in [5.41, 5.74) is 0. The molecule has 0 saturated heterocycles. The first-order valence-electron chi connectivity index (χ1n) is 7.51. The summed E-state index contributed by atoms with van der Waals surface area (Å²) in [4.78, 5) is 10.9. The number of rotatable bonds is 16. The number of hydrogen-bond donors (Lipinski definition) is 1. The highest BCUT2D eigenvalue weighted by molar-refractivity contribution is 5.66. The molecule has 0 atom stereocenters. The van der Waals surface area contributed by atoms with E-state index in [0.29, 0.717) is 66.0 Å². The van der Waals surface area contributed by atoms with E-state index in [-0.39, 0.29) is 8.03 Å². The van der Waals surface area contributed by atoms with Gasteiger partial charge in [0.1, 0.15) is 6.61 Å². The van der Waals surface area contributed by atoms with E-state index in [1.807, 2.05) is 6.92 Å². The third-order valence-electron chi connectivity index (χ3n) is 2.33. The minimum absolute atomic E-state index is 0. The predicted octanol–water partition coefficient (Wildman–Crippen LogP) is 0.691. The van der Waals surface area contributed by atoms with Crippen molar-refractivity contribution < 1.29 is 34.6 Å². The molecule has 1 amide bonds. The molecule has 0 fully saturated rings. The highest BCUT2D eigenvalue weighted by Gasteiger charge is 1.98. The van der Waals surface area contributed by atoms with Crippen molar-refractivity contribution in [2.24, 2.45) is 0 Å². The topological polar surface area (TPSA) is 84.5 Å². The molecule has 0 radical (unpaired) electrons. The van der Waals surface area contributed by atoms with Gasteiger partial charge in [-0.05, 0) is 6.92 Å². The van der Waals surface area contributed by atoms with Gasteiger partial charge in [0.05, 0.1) is 59.5 Å². The van der Waals surface area contributed by atoms with E-state index >= 15 is 0 Å². The van der Waals surface area contributed by atoms with E-state index in [4.69, 9.17) is 28.4 Å². The fraction of sp³-hybridized carbons (Fsp3) is 0.929. The number of nitrogens with one attached hydrogen (secondary N) is 1. The fourth-order valence-corrected chi connectivity index (χ4v) is 1.29. The normalized spacial score (nSPS) is 10.6. The molecule has 0 aliphatic carbocycles. The van der Waals surface area contributed by atoms with Gasteiger partial charge in [0, 0.05) is 15.1 Å². The molecule has 0 aliphatic rings. The molecule has 8 nitrogen and oxygen atoms in total. The second-order valence-corrected chi connectivity index (χ2v) is 4.11. The van der Waals surface area contributed by atoms with Gasteiger partial charge in [-0.3, -0.25) is 0 Å². The zero-order chi connectivity index (χ0) is 16.3. The summed E-state index contributed by atoms with van der Waals surface area (Å²) in [5.74, 6) is 0. The lowest BCUT2D eigenvalue weighted by atomic mass is 10.7. The molecular formula is C14H31NO7. The second-order valence-electron chi connectivity index (χ2n) is 4.11. The van der Waals surface area contributed by atoms with Crippen molar-refractivity contribution in [1.82, 2.24) is 5.32 Å². The molecule has 0 unspecified atom stereocenters. The summed E-state index contributed by atoms with van der Waals surface area (Å²) in [7, 11) is 1.64. The Hall–Kier alpha value is -0.930. The Morgan fingerprint density at radius 1 is 0.773 bits per heavy atom. The van der Waals surface area contributed by atoms with Gasteiger partial charge in [-0.25, -0.2) is 4.79 Å². The molecule has 0 spiro atoms. The van der Waals surface area contributed by atoms with Crippen LogP contribution < -0.4 is 5.32 Å². The molecule has 0 rings (SSSR count). The number of carbonyl (C=O) groups is 1. The third-order valence-corrected chi connectivity index (χ3v) is 2.33. The van der Waals surface area contributed by atoms with Crippen LogP contribution in [0.15, 0.2) is 0 Å². The molecule has 0 aromatic heterocycles. The maximum Gasteiger partial charge on any atom is 0.407 e. The molecule has 134 valence electrons. The highest BCUT2D eigenvalue weighted by Crippen LogP contribution is 1.84. The van der Waals surface area contributed by atoms with E-state index < -0.39 is 6.09 Å². The summed E-state index contributed by atoms with van der Waals surface area (Å²) in [5, 5.41) is 2.52. The van der Waals surface area contributed by atoms with E-state index in [1.165, 1.54) is 0 Å². The summed E-state index contributed by atoms with van der Waals surface area (Å²) in [6.07, 6.45) is -0.425. The molecule has 8 heteroatoms. The Bertz CT molecular complexity index is 247. The molecule has 0 aromatic rings. The third kappa shape index (κ3) is 17.1. The SMILES string of the molecule is CCNC(=O)OCCOCCOCCOCCOCCOC.[HH]. The van der Waals surface area contributed by atoms with E-state index in [9.17, 15) is 4.79 Å². The lowest BCUT2D eigenvalue weighted by Crippen LogP contribution is -2.25. The van der Waals surface area contributed by atoms with Gasteiger partial charge in [0.2, 0.25) is 0 Å². The maximum atomic E-state index is 10.9. The average Bonchev–Trinajstić information content (AvgIpc) is 2.51. The number of alkyl carbamates (subject to hydrolysis) is 1. The lowest BCUT2D eigenvalue weighted by molar-refractivity contribution is -0.0112. The van der Waals surface area contributed by atoms with Crippen LogP contribution in [0.3, 0.4) is 0 Å². The number of methoxy groups -OCH3 is 1. The standard InChI is InChI=1S/C14H29NO7.H2/c1-3-15-14(16)22-13-12-21-11-10-20-9-8-19-7-6-18-5-4-17-2;/h3-13H2,1-2H3,(H,15,16);1H. The number of ether oxygens (including phenoxy) is 6. The Labute approximate surface area is 133 Å². The summed E-state index contributed by atoms with van der Waals surface area (Å²) < 4.78 is 30.8. The van der Waals surface area contributed by atoms with Crippen LogP contribution in [-0.4, -0.2) is 85.8 Å². The zero-order valence-electron chi connectivity index (χ0n) is 13.6. The highest BCUT2D eigenvalue weighted by atomic mass is 16.6. The molecule has 0 aliphatic heterocycles. The van der Waals surface area contributed by atoms with Crippen LogP contribution in [0, 0.1) is 0 Å². The van der Waals surface area contributed by atoms with Crippen molar-refractivity contribution in [2.75, 3.05) is 79.7 Å². The Balaban J connectivity index is 0. The van der Waals surface area contributed by atoms with E-state index in [2.05, 4.69) is 5.32 Å². The Kier molecular flexibility index (Phi) is 17.4. The molecule has 0 bridgehead atoms. The van der Waals surface area contributed by atoms with E-state index in [1.54, 1.807) is 7.11 Å². The second kappa shape index (κ2) is 18.1. The zero-order valence-corrected chi connectivity index (χ0v) is 13.6. The maximum absolute atomic E-state index is 10.9. The van der Waals surface area contributed by atoms with Crippen LogP contribution in [0.25, 0.3) is 0 Å². The van der Waals surface area contributed by atoms with Crippen molar-refractivity contribution in [1.29, 1.82) is 0 Å². The van der Waals surface area contributed by atoms with Crippen LogP contribution in [0.1, 0.15) is 8.35 Å². The monoisotopic (exact) mass is 325 g/mol. The lowest BCUT2D eigenvalue weighted by Gasteiger charge is -2.08. The van der Waals surface area contributed by atoms with Crippen molar-refractivity contribution in [2.45, 2.75) is 6.92 Å². The summed E-state index contributed by atoms with van der Waals surface area (Å²) >= 11 is 0.